The van der Waals surface area contributed by atoms with Gasteiger partial charge in [-0.2, -0.15) is 0 Å². The number of phenols is 1. The van der Waals surface area contributed by atoms with Crippen LogP contribution in [0.25, 0.3) is 89.1 Å². The van der Waals surface area contributed by atoms with Crippen molar-refractivity contribution in [3.63, 3.8) is 0 Å². The van der Waals surface area contributed by atoms with Gasteiger partial charge in [-0.05, 0) is 73.6 Å². The van der Waals surface area contributed by atoms with E-state index in [4.69, 9.17) is 15.0 Å². The van der Waals surface area contributed by atoms with Gasteiger partial charge in [0.15, 0.2) is 17.5 Å². The van der Waals surface area contributed by atoms with Crippen molar-refractivity contribution >= 4 is 21.5 Å². The van der Waals surface area contributed by atoms with Crippen molar-refractivity contribution in [3.8, 4) is 73.3 Å². The Morgan fingerprint density at radius 2 is 0.882 bits per heavy atom. The highest BCUT2D eigenvalue weighted by Crippen LogP contribution is 2.45. The molecule has 0 bridgehead atoms. The van der Waals surface area contributed by atoms with Crippen LogP contribution < -0.4 is 0 Å². The lowest BCUT2D eigenvalue weighted by Gasteiger charge is -2.18. The summed E-state index contributed by atoms with van der Waals surface area (Å²) in [6.45, 7) is 0. The maximum Gasteiger partial charge on any atom is 0.165 e. The van der Waals surface area contributed by atoms with Gasteiger partial charge < -0.3 is 5.11 Å². The smallest absolute Gasteiger partial charge is 0.165 e. The minimum Gasteiger partial charge on any atom is -0.507 e. The first-order valence-electron chi connectivity index (χ1n) is 17.0. The first-order chi connectivity index (χ1) is 25.2. The van der Waals surface area contributed by atoms with E-state index in [2.05, 4.69) is 91.0 Å². The topological polar surface area (TPSA) is 58.9 Å². The molecule has 9 rings (SSSR count). The predicted octanol–water partition coefficient (Wildman–Crippen LogP) is 11.9. The van der Waals surface area contributed by atoms with Gasteiger partial charge in [0.25, 0.3) is 0 Å². The minimum absolute atomic E-state index is 0.153. The molecule has 0 aliphatic carbocycles. The molecule has 0 saturated carbocycles. The number of hydrogen-bond acceptors (Lipinski definition) is 4. The van der Waals surface area contributed by atoms with Gasteiger partial charge in [0, 0.05) is 22.3 Å². The van der Waals surface area contributed by atoms with Crippen molar-refractivity contribution in [2.24, 2.45) is 0 Å². The molecule has 0 radical (unpaired) electrons. The minimum atomic E-state index is 0.153. The van der Waals surface area contributed by atoms with Crippen LogP contribution in [0.4, 0.5) is 0 Å². The van der Waals surface area contributed by atoms with Crippen molar-refractivity contribution in [2.75, 3.05) is 0 Å². The number of benzene rings is 8. The second kappa shape index (κ2) is 12.8. The van der Waals surface area contributed by atoms with Crippen molar-refractivity contribution in [1.82, 2.24) is 15.0 Å². The molecule has 4 nitrogen and oxygen atoms in total. The van der Waals surface area contributed by atoms with Crippen molar-refractivity contribution in [3.05, 3.63) is 182 Å². The molecule has 0 saturated heterocycles. The van der Waals surface area contributed by atoms with E-state index in [0.29, 0.717) is 23.0 Å². The molecule has 0 atom stereocenters. The van der Waals surface area contributed by atoms with Gasteiger partial charge >= 0.3 is 0 Å². The Morgan fingerprint density at radius 3 is 1.65 bits per heavy atom. The van der Waals surface area contributed by atoms with Gasteiger partial charge in [0.05, 0.1) is 0 Å². The fraction of sp³-hybridized carbons (Fsp3) is 0. The van der Waals surface area contributed by atoms with E-state index in [1.807, 2.05) is 84.9 Å². The lowest BCUT2D eigenvalue weighted by atomic mass is 9.89. The molecule has 51 heavy (non-hydrogen) atoms. The SMILES string of the molecule is Oc1ccc(-c2cccc(-c3ccccc3)c2)c(-c2nc(-c3ccccc3)nc(-c3ccc4c(ccc5ccccc54)c3)n2)c1-c1ccccc1. The highest BCUT2D eigenvalue weighted by molar-refractivity contribution is 6.08. The van der Waals surface area contributed by atoms with E-state index in [9.17, 15) is 5.11 Å². The van der Waals surface area contributed by atoms with E-state index in [1.54, 1.807) is 6.07 Å². The monoisotopic (exact) mass is 653 g/mol. The van der Waals surface area contributed by atoms with Crippen LogP contribution in [0.1, 0.15) is 0 Å². The van der Waals surface area contributed by atoms with E-state index in [1.165, 1.54) is 16.2 Å². The quantitative estimate of drug-likeness (QED) is 0.181. The van der Waals surface area contributed by atoms with Crippen LogP contribution in [0.3, 0.4) is 0 Å². The average Bonchev–Trinajstić information content (AvgIpc) is 3.21. The summed E-state index contributed by atoms with van der Waals surface area (Å²) in [5.74, 6) is 1.74. The van der Waals surface area contributed by atoms with Crippen LogP contribution in [-0.2, 0) is 0 Å². The van der Waals surface area contributed by atoms with Gasteiger partial charge in [-0.25, -0.2) is 15.0 Å². The van der Waals surface area contributed by atoms with Gasteiger partial charge in [0.2, 0.25) is 0 Å². The van der Waals surface area contributed by atoms with Crippen LogP contribution in [-0.4, -0.2) is 20.1 Å². The first kappa shape index (κ1) is 30.2. The van der Waals surface area contributed by atoms with Crippen LogP contribution in [0.15, 0.2) is 182 Å². The molecule has 0 amide bonds. The molecule has 1 heterocycles. The number of fused-ring (bicyclic) bond motifs is 3. The van der Waals surface area contributed by atoms with Crippen LogP contribution in [0, 0.1) is 0 Å². The molecule has 9 aromatic rings. The second-order valence-electron chi connectivity index (χ2n) is 12.6. The number of rotatable bonds is 6. The zero-order chi connectivity index (χ0) is 34.1. The van der Waals surface area contributed by atoms with Crippen molar-refractivity contribution < 1.29 is 5.11 Å². The van der Waals surface area contributed by atoms with E-state index >= 15 is 0 Å². The Hall–Kier alpha value is -6.91. The molecular weight excluding hydrogens is 623 g/mol. The van der Waals surface area contributed by atoms with Crippen molar-refractivity contribution in [2.45, 2.75) is 0 Å². The fourth-order valence-corrected chi connectivity index (χ4v) is 6.94. The molecule has 0 aliphatic rings. The van der Waals surface area contributed by atoms with E-state index in [0.717, 1.165) is 49.9 Å². The maximum absolute atomic E-state index is 11.6. The standard InChI is InChI=1S/C47H31N3O/c51-42-28-27-41(36-21-12-20-35(29-36)31-13-4-1-5-14-31)44(43(42)33-16-6-2-7-17-33)47-49-45(34-18-8-3-9-19-34)48-46(50-47)38-25-26-40-37(30-38)24-23-32-15-10-11-22-39(32)40/h1-30,51H. The van der Waals surface area contributed by atoms with Gasteiger partial charge in [-0.1, -0.05) is 158 Å². The molecule has 1 N–H and O–H groups in total. The summed E-state index contributed by atoms with van der Waals surface area (Å²) < 4.78 is 0. The Balaban J connectivity index is 1.31. The van der Waals surface area contributed by atoms with Gasteiger partial charge in [0.1, 0.15) is 5.75 Å². The molecule has 8 aromatic carbocycles. The van der Waals surface area contributed by atoms with Crippen LogP contribution in [0.2, 0.25) is 0 Å². The zero-order valence-electron chi connectivity index (χ0n) is 27.6. The summed E-state index contributed by atoms with van der Waals surface area (Å²) in [4.78, 5) is 15.5. The number of aromatic nitrogens is 3. The van der Waals surface area contributed by atoms with Gasteiger partial charge in [-0.15, -0.1) is 0 Å². The highest BCUT2D eigenvalue weighted by Gasteiger charge is 2.23. The number of nitrogens with zero attached hydrogens (tertiary/aromatic N) is 3. The van der Waals surface area contributed by atoms with Crippen LogP contribution >= 0.6 is 0 Å². The van der Waals surface area contributed by atoms with E-state index < -0.39 is 0 Å². The van der Waals surface area contributed by atoms with E-state index in [-0.39, 0.29) is 5.75 Å². The largest absolute Gasteiger partial charge is 0.507 e. The lowest BCUT2D eigenvalue weighted by molar-refractivity contribution is 0.477. The molecule has 1 aromatic heterocycles. The molecule has 240 valence electrons. The first-order valence-corrected chi connectivity index (χ1v) is 17.0. The molecule has 0 fully saturated rings. The third kappa shape index (κ3) is 5.69. The Kier molecular flexibility index (Phi) is 7.60. The highest BCUT2D eigenvalue weighted by atomic mass is 16.3. The summed E-state index contributed by atoms with van der Waals surface area (Å²) in [6.07, 6.45) is 0. The summed E-state index contributed by atoms with van der Waals surface area (Å²) in [7, 11) is 0. The summed E-state index contributed by atoms with van der Waals surface area (Å²) in [5.41, 5.74) is 8.15. The molecule has 0 spiro atoms. The Morgan fingerprint density at radius 1 is 0.314 bits per heavy atom. The Labute approximate surface area is 296 Å². The molecule has 0 unspecified atom stereocenters. The van der Waals surface area contributed by atoms with Gasteiger partial charge in [-0.3, -0.25) is 0 Å². The third-order valence-corrected chi connectivity index (χ3v) is 9.42. The summed E-state index contributed by atoms with van der Waals surface area (Å²) >= 11 is 0. The Bertz CT molecular complexity index is 2690. The number of hydrogen-bond donors (Lipinski definition) is 1. The molecular formula is C47H31N3O. The molecule has 4 heteroatoms. The summed E-state index contributed by atoms with van der Waals surface area (Å²) in [5, 5.41) is 16.3. The third-order valence-electron chi connectivity index (χ3n) is 9.42. The number of aromatic hydroxyl groups is 1. The fourth-order valence-electron chi connectivity index (χ4n) is 6.94. The normalized spacial score (nSPS) is 11.2. The van der Waals surface area contributed by atoms with Crippen LogP contribution in [0.5, 0.6) is 5.75 Å². The maximum atomic E-state index is 11.6. The zero-order valence-corrected chi connectivity index (χ0v) is 27.6. The summed E-state index contributed by atoms with van der Waals surface area (Å²) in [6, 6.07) is 61.7. The lowest BCUT2D eigenvalue weighted by Crippen LogP contribution is -2.02. The number of phenolic OH excluding ortho intramolecular Hbond substituents is 1. The average molecular weight is 654 g/mol. The van der Waals surface area contributed by atoms with Crippen molar-refractivity contribution in [1.29, 1.82) is 0 Å². The predicted molar refractivity (Wildman–Crippen MR) is 209 cm³/mol. The second-order valence-corrected chi connectivity index (χ2v) is 12.6. The molecule has 0 aliphatic heterocycles.